The van der Waals surface area contributed by atoms with Crippen molar-refractivity contribution in [2.24, 2.45) is 5.16 Å². The number of nitrogens with zero attached hydrogens (tertiary/aromatic N) is 6. The second kappa shape index (κ2) is 6.02. The van der Waals surface area contributed by atoms with E-state index in [0.29, 0.717) is 17.0 Å². The van der Waals surface area contributed by atoms with Crippen LogP contribution in [-0.4, -0.2) is 46.5 Å². The van der Waals surface area contributed by atoms with Gasteiger partial charge in [-0.2, -0.15) is 10.2 Å². The van der Waals surface area contributed by atoms with E-state index in [-0.39, 0.29) is 0 Å². The third kappa shape index (κ3) is 3.26. The maximum atomic E-state index is 10.1. The van der Waals surface area contributed by atoms with E-state index >= 15 is 0 Å². The van der Waals surface area contributed by atoms with Crippen molar-refractivity contribution in [1.82, 2.24) is 24.4 Å². The number of ether oxygens (including phenoxy) is 1. The van der Waals surface area contributed by atoms with Crippen molar-refractivity contribution >= 4 is 11.7 Å². The summed E-state index contributed by atoms with van der Waals surface area (Å²) in [5, 5.41) is 30.1. The monoisotopic (exact) mass is 330 g/mol. The molecule has 0 amide bonds. The van der Waals surface area contributed by atoms with Crippen LogP contribution in [0.3, 0.4) is 0 Å². The van der Waals surface area contributed by atoms with E-state index in [1.54, 1.807) is 29.3 Å². The molecule has 1 atom stereocenters. The molecule has 9 heteroatoms. The first kappa shape index (κ1) is 16.1. The Hall–Kier alpha value is -2.78. The van der Waals surface area contributed by atoms with Crippen LogP contribution in [-0.2, 0) is 4.74 Å². The predicted octanol–water partition coefficient (Wildman–Crippen LogP) is 1.66. The minimum Gasteiger partial charge on any atom is -0.411 e. The van der Waals surface area contributed by atoms with Crippen LogP contribution in [0.25, 0.3) is 16.8 Å². The molecule has 0 fully saturated rings. The highest BCUT2D eigenvalue weighted by molar-refractivity contribution is 5.82. The standard InChI is InChI=1S/C15H18N6O3/c1-15(2,3)24-14(22)21-8-10(6-17-21)13-12-4-5-16-20(12)9-11(19-13)7-18-23/h4-9,14,22-23H,1-3H3/b18-7+. The van der Waals surface area contributed by atoms with E-state index in [1.807, 2.05) is 26.8 Å². The van der Waals surface area contributed by atoms with Crippen LogP contribution >= 0.6 is 0 Å². The fourth-order valence-electron chi connectivity index (χ4n) is 2.23. The maximum Gasteiger partial charge on any atom is 0.257 e. The number of hydrogen-bond donors (Lipinski definition) is 2. The van der Waals surface area contributed by atoms with Crippen molar-refractivity contribution in [1.29, 1.82) is 0 Å². The Labute approximate surface area is 137 Å². The molecular weight excluding hydrogens is 312 g/mol. The lowest BCUT2D eigenvalue weighted by Gasteiger charge is -2.23. The lowest BCUT2D eigenvalue weighted by molar-refractivity contribution is -0.215. The Bertz CT molecular complexity index is 877. The Kier molecular flexibility index (Phi) is 4.04. The summed E-state index contributed by atoms with van der Waals surface area (Å²) in [4.78, 5) is 4.43. The fraction of sp³-hybridized carbons (Fsp3) is 0.333. The van der Waals surface area contributed by atoms with E-state index in [9.17, 15) is 5.11 Å². The first-order chi connectivity index (χ1) is 11.4. The molecular formula is C15H18N6O3. The number of fused-ring (bicyclic) bond motifs is 1. The van der Waals surface area contributed by atoms with Gasteiger partial charge in [-0.15, -0.1) is 0 Å². The number of rotatable bonds is 4. The number of aliphatic hydroxyl groups is 1. The predicted molar refractivity (Wildman–Crippen MR) is 85.7 cm³/mol. The lowest BCUT2D eigenvalue weighted by Crippen LogP contribution is -2.26. The van der Waals surface area contributed by atoms with Crippen LogP contribution in [0, 0.1) is 0 Å². The zero-order valence-electron chi connectivity index (χ0n) is 13.5. The summed E-state index contributed by atoms with van der Waals surface area (Å²) in [6.45, 7) is 5.53. The molecule has 0 saturated carbocycles. The molecule has 0 aliphatic heterocycles. The van der Waals surface area contributed by atoms with Crippen molar-refractivity contribution in [2.75, 3.05) is 0 Å². The van der Waals surface area contributed by atoms with E-state index in [0.717, 1.165) is 5.52 Å². The van der Waals surface area contributed by atoms with Gasteiger partial charge in [-0.1, -0.05) is 5.16 Å². The molecule has 3 aromatic rings. The molecule has 1 unspecified atom stereocenters. The van der Waals surface area contributed by atoms with Crippen molar-refractivity contribution in [3.8, 4) is 11.3 Å². The van der Waals surface area contributed by atoms with Gasteiger partial charge in [0.05, 0.1) is 41.6 Å². The number of aromatic nitrogens is 5. The molecule has 0 aliphatic rings. The zero-order chi connectivity index (χ0) is 17.3. The van der Waals surface area contributed by atoms with Crippen LogP contribution in [0.5, 0.6) is 0 Å². The van der Waals surface area contributed by atoms with Gasteiger partial charge in [0.1, 0.15) is 5.69 Å². The Morgan fingerprint density at radius 3 is 2.79 bits per heavy atom. The number of aliphatic hydroxyl groups excluding tert-OH is 1. The normalized spacial score (nSPS) is 13.8. The average Bonchev–Trinajstić information content (AvgIpc) is 3.14. The van der Waals surface area contributed by atoms with E-state index in [1.165, 1.54) is 10.9 Å². The van der Waals surface area contributed by atoms with E-state index in [2.05, 4.69) is 20.3 Å². The third-order valence-corrected chi connectivity index (χ3v) is 3.16. The van der Waals surface area contributed by atoms with Crippen molar-refractivity contribution in [2.45, 2.75) is 32.8 Å². The Morgan fingerprint density at radius 1 is 1.29 bits per heavy atom. The maximum absolute atomic E-state index is 10.1. The van der Waals surface area contributed by atoms with Gasteiger partial charge in [0.15, 0.2) is 0 Å². The van der Waals surface area contributed by atoms with Crippen molar-refractivity contribution in [3.05, 3.63) is 36.5 Å². The summed E-state index contributed by atoms with van der Waals surface area (Å²) in [7, 11) is 0. The van der Waals surface area contributed by atoms with Gasteiger partial charge in [0.2, 0.25) is 0 Å². The van der Waals surface area contributed by atoms with Gasteiger partial charge in [-0.3, -0.25) is 0 Å². The fourth-order valence-corrected chi connectivity index (χ4v) is 2.23. The summed E-state index contributed by atoms with van der Waals surface area (Å²) in [5.74, 6) is 0. The topological polar surface area (TPSA) is 110 Å². The second-order valence-corrected chi connectivity index (χ2v) is 6.19. The average molecular weight is 330 g/mol. The van der Waals surface area contributed by atoms with Crippen LogP contribution in [0.1, 0.15) is 32.9 Å². The SMILES string of the molecule is CC(C)(C)OC(O)n1cc(-c2nc(/C=N/O)cn3nccc23)cn1. The summed E-state index contributed by atoms with van der Waals surface area (Å²) < 4.78 is 8.40. The van der Waals surface area contributed by atoms with Gasteiger partial charge < -0.3 is 15.1 Å². The van der Waals surface area contributed by atoms with Gasteiger partial charge in [0.25, 0.3) is 6.41 Å². The molecule has 0 aliphatic carbocycles. The van der Waals surface area contributed by atoms with Crippen LogP contribution < -0.4 is 0 Å². The van der Waals surface area contributed by atoms with E-state index < -0.39 is 12.0 Å². The summed E-state index contributed by atoms with van der Waals surface area (Å²) in [6.07, 6.45) is 6.49. The molecule has 0 saturated heterocycles. The number of oxime groups is 1. The van der Waals surface area contributed by atoms with Gasteiger partial charge in [-0.25, -0.2) is 14.2 Å². The molecule has 3 aromatic heterocycles. The van der Waals surface area contributed by atoms with Gasteiger partial charge in [0, 0.05) is 11.8 Å². The first-order valence-electron chi connectivity index (χ1n) is 7.29. The van der Waals surface area contributed by atoms with Crippen molar-refractivity contribution < 1.29 is 15.1 Å². The zero-order valence-corrected chi connectivity index (χ0v) is 13.5. The van der Waals surface area contributed by atoms with Gasteiger partial charge in [-0.05, 0) is 26.8 Å². The minimum absolute atomic E-state index is 0.433. The molecule has 3 rings (SSSR count). The van der Waals surface area contributed by atoms with Gasteiger partial charge >= 0.3 is 0 Å². The quantitative estimate of drug-likeness (QED) is 0.326. The highest BCUT2D eigenvalue weighted by Gasteiger charge is 2.19. The highest BCUT2D eigenvalue weighted by atomic mass is 16.6. The summed E-state index contributed by atoms with van der Waals surface area (Å²) >= 11 is 0. The summed E-state index contributed by atoms with van der Waals surface area (Å²) in [6, 6.07) is 1.81. The molecule has 0 spiro atoms. The molecule has 9 nitrogen and oxygen atoms in total. The third-order valence-electron chi connectivity index (χ3n) is 3.16. The lowest BCUT2D eigenvalue weighted by atomic mass is 10.2. The molecule has 0 bridgehead atoms. The summed E-state index contributed by atoms with van der Waals surface area (Å²) in [5.41, 5.74) is 1.95. The van der Waals surface area contributed by atoms with Crippen LogP contribution in [0.15, 0.2) is 36.0 Å². The molecule has 0 aromatic carbocycles. The molecule has 126 valence electrons. The largest absolute Gasteiger partial charge is 0.411 e. The first-order valence-corrected chi connectivity index (χ1v) is 7.29. The Balaban J connectivity index is 2.01. The highest BCUT2D eigenvalue weighted by Crippen LogP contribution is 2.24. The van der Waals surface area contributed by atoms with Crippen LogP contribution in [0.2, 0.25) is 0 Å². The molecule has 2 N–H and O–H groups in total. The number of hydrogen-bond acceptors (Lipinski definition) is 7. The Morgan fingerprint density at radius 2 is 2.08 bits per heavy atom. The second-order valence-electron chi connectivity index (χ2n) is 6.19. The smallest absolute Gasteiger partial charge is 0.257 e. The van der Waals surface area contributed by atoms with Crippen molar-refractivity contribution in [3.63, 3.8) is 0 Å². The molecule has 0 radical (unpaired) electrons. The molecule has 3 heterocycles. The molecule has 24 heavy (non-hydrogen) atoms. The van der Waals surface area contributed by atoms with Crippen LogP contribution in [0.4, 0.5) is 0 Å². The van der Waals surface area contributed by atoms with E-state index in [4.69, 9.17) is 9.94 Å². The minimum atomic E-state index is -1.21.